The van der Waals surface area contributed by atoms with Gasteiger partial charge in [-0.3, -0.25) is 14.4 Å². The minimum absolute atomic E-state index is 0.0258. The van der Waals surface area contributed by atoms with E-state index in [1.54, 1.807) is 12.1 Å². The first-order valence-electron chi connectivity index (χ1n) is 13.0. The van der Waals surface area contributed by atoms with E-state index in [1.807, 2.05) is 13.8 Å². The minimum Gasteiger partial charge on any atom is -0.508 e. The van der Waals surface area contributed by atoms with Crippen molar-refractivity contribution in [2.45, 2.75) is 83.0 Å². The minimum atomic E-state index is -1.16. The molecule has 0 radical (unpaired) electrons. The van der Waals surface area contributed by atoms with Gasteiger partial charge >= 0.3 is 5.97 Å². The summed E-state index contributed by atoms with van der Waals surface area (Å²) >= 11 is 0. The first-order chi connectivity index (χ1) is 17.6. The molecule has 1 saturated heterocycles. The van der Waals surface area contributed by atoms with Crippen LogP contribution in [0.4, 0.5) is 0 Å². The Balaban J connectivity index is 2.21. The molecule has 3 amide bonds. The number of hydrogen-bond acceptors (Lipinski definition) is 7. The SMILES string of the molecule is CC(C)C[C@H](NC(=O)[C@H](Cc1ccc(O)cc1)NC(=O)[C@H](CCCCN)NC(=O)[C@@H]1CCCN1)C(=O)O. The Morgan fingerprint density at radius 3 is 2.22 bits per heavy atom. The Labute approximate surface area is 217 Å². The number of carboxylic acids is 1. The molecular formula is C26H41N5O6. The summed E-state index contributed by atoms with van der Waals surface area (Å²) in [6.45, 7) is 4.89. The van der Waals surface area contributed by atoms with Gasteiger partial charge in [0.25, 0.3) is 0 Å². The standard InChI is InChI=1S/C26H41N5O6/c1-16(2)14-22(26(36)37)31-25(35)21(15-17-8-10-18(32)11-9-17)30-24(34)20(6-3-4-12-27)29-23(33)19-7-5-13-28-19/h8-11,16,19-22,28,32H,3-7,12-15,27H2,1-2H3,(H,29,33)(H,30,34)(H,31,35)(H,36,37)/t19-,20-,21-,22-/m0/s1. The van der Waals surface area contributed by atoms with Gasteiger partial charge in [-0.2, -0.15) is 0 Å². The molecule has 37 heavy (non-hydrogen) atoms. The van der Waals surface area contributed by atoms with Gasteiger partial charge in [0, 0.05) is 6.42 Å². The van der Waals surface area contributed by atoms with E-state index in [2.05, 4.69) is 21.3 Å². The number of aliphatic carboxylic acids is 1. The van der Waals surface area contributed by atoms with Crippen molar-refractivity contribution >= 4 is 23.7 Å². The van der Waals surface area contributed by atoms with E-state index in [0.29, 0.717) is 37.8 Å². The van der Waals surface area contributed by atoms with E-state index in [9.17, 15) is 29.4 Å². The molecule has 8 N–H and O–H groups in total. The fourth-order valence-corrected chi connectivity index (χ4v) is 4.26. The number of phenols is 1. The monoisotopic (exact) mass is 519 g/mol. The molecule has 1 heterocycles. The quantitative estimate of drug-likeness (QED) is 0.162. The van der Waals surface area contributed by atoms with Gasteiger partial charge in [0.2, 0.25) is 17.7 Å². The molecule has 0 aromatic heterocycles. The number of carbonyl (C=O) groups is 4. The maximum atomic E-state index is 13.3. The van der Waals surface area contributed by atoms with Crippen LogP contribution in [0, 0.1) is 5.92 Å². The van der Waals surface area contributed by atoms with Crippen molar-refractivity contribution in [1.82, 2.24) is 21.3 Å². The number of amides is 3. The zero-order valence-electron chi connectivity index (χ0n) is 21.7. The fraction of sp³-hybridized carbons (Fsp3) is 0.615. The van der Waals surface area contributed by atoms with Crippen LogP contribution < -0.4 is 27.0 Å². The number of carbonyl (C=O) groups excluding carboxylic acids is 3. The van der Waals surface area contributed by atoms with Crippen LogP contribution in [0.2, 0.25) is 0 Å². The second kappa shape index (κ2) is 15.2. The van der Waals surface area contributed by atoms with Crippen LogP contribution in [0.1, 0.15) is 57.9 Å². The smallest absolute Gasteiger partial charge is 0.326 e. The lowest BCUT2D eigenvalue weighted by molar-refractivity contribution is -0.142. The van der Waals surface area contributed by atoms with Gasteiger partial charge in [-0.15, -0.1) is 0 Å². The normalized spacial score (nSPS) is 17.6. The molecule has 1 aromatic carbocycles. The third-order valence-electron chi connectivity index (χ3n) is 6.29. The molecular weight excluding hydrogens is 478 g/mol. The van der Waals surface area contributed by atoms with Crippen molar-refractivity contribution in [3.8, 4) is 5.75 Å². The molecule has 0 spiro atoms. The van der Waals surface area contributed by atoms with Crippen molar-refractivity contribution < 1.29 is 29.4 Å². The molecule has 1 fully saturated rings. The van der Waals surface area contributed by atoms with E-state index in [1.165, 1.54) is 12.1 Å². The number of nitrogens with two attached hydrogens (primary N) is 1. The van der Waals surface area contributed by atoms with Crippen LogP contribution in [0.15, 0.2) is 24.3 Å². The van der Waals surface area contributed by atoms with Gasteiger partial charge in [0.05, 0.1) is 6.04 Å². The highest BCUT2D eigenvalue weighted by atomic mass is 16.4. The summed E-state index contributed by atoms with van der Waals surface area (Å²) in [6, 6.07) is 2.74. The first kappa shape index (κ1) is 30.0. The number of unbranched alkanes of at least 4 members (excludes halogenated alkanes) is 1. The van der Waals surface area contributed by atoms with Gasteiger partial charge < -0.3 is 37.2 Å². The molecule has 1 aromatic rings. The molecule has 4 atom stereocenters. The lowest BCUT2D eigenvalue weighted by atomic mass is 10.0. The van der Waals surface area contributed by atoms with Gasteiger partial charge in [-0.1, -0.05) is 26.0 Å². The second-order valence-electron chi connectivity index (χ2n) is 9.96. The Morgan fingerprint density at radius 1 is 1.00 bits per heavy atom. The highest BCUT2D eigenvalue weighted by Crippen LogP contribution is 2.13. The zero-order chi connectivity index (χ0) is 27.4. The van der Waals surface area contributed by atoms with Crippen LogP contribution in [0.25, 0.3) is 0 Å². The Hall–Kier alpha value is -3.18. The summed E-state index contributed by atoms with van der Waals surface area (Å²) in [5, 5.41) is 30.3. The number of rotatable bonds is 15. The van der Waals surface area contributed by atoms with Crippen LogP contribution in [0.3, 0.4) is 0 Å². The van der Waals surface area contributed by atoms with Gasteiger partial charge in [-0.25, -0.2) is 4.79 Å². The molecule has 11 nitrogen and oxygen atoms in total. The van der Waals surface area contributed by atoms with Gasteiger partial charge in [0.15, 0.2) is 0 Å². The summed E-state index contributed by atoms with van der Waals surface area (Å²) in [6.07, 6.45) is 3.48. The predicted molar refractivity (Wildman–Crippen MR) is 139 cm³/mol. The van der Waals surface area contributed by atoms with Crippen LogP contribution in [-0.4, -0.2) is 71.2 Å². The molecule has 1 aliphatic rings. The first-order valence-corrected chi connectivity index (χ1v) is 13.0. The summed E-state index contributed by atoms with van der Waals surface area (Å²) in [5.74, 6) is -2.52. The molecule has 0 saturated carbocycles. The van der Waals surface area contributed by atoms with E-state index in [4.69, 9.17) is 5.73 Å². The molecule has 0 aliphatic carbocycles. The lowest BCUT2D eigenvalue weighted by Crippen LogP contribution is -2.57. The molecule has 0 bridgehead atoms. The summed E-state index contributed by atoms with van der Waals surface area (Å²) < 4.78 is 0. The highest BCUT2D eigenvalue weighted by molar-refractivity contribution is 5.94. The molecule has 2 rings (SSSR count). The highest BCUT2D eigenvalue weighted by Gasteiger charge is 2.31. The molecule has 1 aliphatic heterocycles. The van der Waals surface area contributed by atoms with Gasteiger partial charge in [-0.05, 0) is 75.2 Å². The van der Waals surface area contributed by atoms with Crippen molar-refractivity contribution in [1.29, 1.82) is 0 Å². The number of aromatic hydroxyl groups is 1. The van der Waals surface area contributed by atoms with E-state index in [-0.39, 0.29) is 36.5 Å². The number of nitrogens with one attached hydrogen (secondary N) is 4. The largest absolute Gasteiger partial charge is 0.508 e. The average Bonchev–Trinajstić information content (AvgIpc) is 3.39. The maximum absolute atomic E-state index is 13.3. The van der Waals surface area contributed by atoms with Crippen molar-refractivity contribution in [2.24, 2.45) is 11.7 Å². The topological polar surface area (TPSA) is 183 Å². The number of hydrogen-bond donors (Lipinski definition) is 7. The fourth-order valence-electron chi connectivity index (χ4n) is 4.26. The third kappa shape index (κ3) is 10.4. The summed E-state index contributed by atoms with van der Waals surface area (Å²) in [7, 11) is 0. The maximum Gasteiger partial charge on any atom is 0.326 e. The van der Waals surface area contributed by atoms with Crippen LogP contribution >= 0.6 is 0 Å². The Bertz CT molecular complexity index is 901. The van der Waals surface area contributed by atoms with Crippen LogP contribution in [-0.2, 0) is 25.6 Å². The molecule has 0 unspecified atom stereocenters. The van der Waals surface area contributed by atoms with E-state index >= 15 is 0 Å². The second-order valence-corrected chi connectivity index (χ2v) is 9.96. The summed E-state index contributed by atoms with van der Waals surface area (Å²) in [5.41, 5.74) is 6.26. The zero-order valence-corrected chi connectivity index (χ0v) is 21.7. The Morgan fingerprint density at radius 2 is 1.65 bits per heavy atom. The molecule has 11 heteroatoms. The van der Waals surface area contributed by atoms with Gasteiger partial charge in [0.1, 0.15) is 23.9 Å². The van der Waals surface area contributed by atoms with Crippen LogP contribution in [0.5, 0.6) is 5.75 Å². The number of phenolic OH excluding ortho intramolecular Hbond substituents is 1. The third-order valence-corrected chi connectivity index (χ3v) is 6.29. The van der Waals surface area contributed by atoms with Crippen molar-refractivity contribution in [3.05, 3.63) is 29.8 Å². The molecule has 206 valence electrons. The average molecular weight is 520 g/mol. The van der Waals surface area contributed by atoms with E-state index in [0.717, 1.165) is 13.0 Å². The predicted octanol–water partition coefficient (Wildman–Crippen LogP) is 0.401. The lowest BCUT2D eigenvalue weighted by Gasteiger charge is -2.26. The number of carboxylic acid groups (broad SMARTS) is 1. The van der Waals surface area contributed by atoms with Crippen molar-refractivity contribution in [2.75, 3.05) is 13.1 Å². The number of benzene rings is 1. The summed E-state index contributed by atoms with van der Waals surface area (Å²) in [4.78, 5) is 51.0. The van der Waals surface area contributed by atoms with E-state index < -0.39 is 35.9 Å². The van der Waals surface area contributed by atoms with Crippen molar-refractivity contribution in [3.63, 3.8) is 0 Å². The Kier molecular flexibility index (Phi) is 12.3.